The largest absolute Gasteiger partial charge is 0.301 e. The Bertz CT molecular complexity index is 517. The molecular weight excluding hydrogens is 403 g/mol. The lowest BCUT2D eigenvalue weighted by Crippen LogP contribution is -2.24. The van der Waals surface area contributed by atoms with Crippen LogP contribution in [0.2, 0.25) is 0 Å². The van der Waals surface area contributed by atoms with Gasteiger partial charge in [0, 0.05) is 13.5 Å². The van der Waals surface area contributed by atoms with Crippen LogP contribution in [-0.4, -0.2) is 35.5 Å². The second-order valence-electron chi connectivity index (χ2n) is 3.70. The van der Waals surface area contributed by atoms with Crippen molar-refractivity contribution in [3.63, 3.8) is 0 Å². The second-order valence-corrected chi connectivity index (χ2v) is 7.70. The number of anilines is 1. The minimum atomic E-state index is -3.62. The molecule has 0 aliphatic carbocycles. The molecule has 1 aromatic rings. The average Bonchev–Trinajstić information content (AvgIpc) is 2.77. The smallest absolute Gasteiger partial charge is 0.269 e. The van der Waals surface area contributed by atoms with E-state index in [1.807, 2.05) is 0 Å². The summed E-state index contributed by atoms with van der Waals surface area (Å²) in [7, 11) is -3.62. The number of nitrogens with one attached hydrogen (secondary N) is 2. The molecular formula is C9H15IN4O3S2. The van der Waals surface area contributed by atoms with Gasteiger partial charge >= 0.3 is 0 Å². The SMILES string of the molecule is CC(=O)Nc1nnc(S(=O)(=O)NCCCCCI)s1. The Morgan fingerprint density at radius 1 is 1.32 bits per heavy atom. The van der Waals surface area contributed by atoms with E-state index in [4.69, 9.17) is 0 Å². The zero-order chi connectivity index (χ0) is 14.3. The van der Waals surface area contributed by atoms with Gasteiger partial charge in [-0.2, -0.15) is 0 Å². The molecule has 0 aliphatic heterocycles. The number of alkyl halides is 1. The highest BCUT2D eigenvalue weighted by molar-refractivity contribution is 14.1. The van der Waals surface area contributed by atoms with Gasteiger partial charge in [0.15, 0.2) is 0 Å². The molecule has 0 atom stereocenters. The maximum atomic E-state index is 11.8. The molecule has 0 spiro atoms. The molecule has 1 rings (SSSR count). The first-order valence-electron chi connectivity index (χ1n) is 5.62. The van der Waals surface area contributed by atoms with Crippen LogP contribution >= 0.6 is 33.9 Å². The number of rotatable bonds is 8. The highest BCUT2D eigenvalue weighted by Crippen LogP contribution is 2.19. The van der Waals surface area contributed by atoms with Crippen LogP contribution in [-0.2, 0) is 14.8 Å². The first kappa shape index (κ1) is 16.7. The lowest BCUT2D eigenvalue weighted by atomic mass is 10.3. The number of sulfonamides is 1. The van der Waals surface area contributed by atoms with E-state index in [1.165, 1.54) is 6.92 Å². The molecule has 1 amide bonds. The molecule has 0 saturated heterocycles. The maximum absolute atomic E-state index is 11.8. The van der Waals surface area contributed by atoms with Crippen molar-refractivity contribution in [3.05, 3.63) is 0 Å². The Balaban J connectivity index is 2.52. The van der Waals surface area contributed by atoms with Gasteiger partial charge < -0.3 is 5.32 Å². The van der Waals surface area contributed by atoms with Gasteiger partial charge in [-0.25, -0.2) is 13.1 Å². The predicted octanol–water partition coefficient (Wildman–Crippen LogP) is 1.38. The normalized spacial score (nSPS) is 11.5. The monoisotopic (exact) mass is 418 g/mol. The fourth-order valence-electron chi connectivity index (χ4n) is 1.18. The summed E-state index contributed by atoms with van der Waals surface area (Å²) in [6, 6.07) is 0. The van der Waals surface area contributed by atoms with Gasteiger partial charge in [-0.15, -0.1) is 10.2 Å². The molecule has 10 heteroatoms. The Kier molecular flexibility index (Phi) is 7.10. The summed E-state index contributed by atoms with van der Waals surface area (Å²) >= 11 is 3.12. The summed E-state index contributed by atoms with van der Waals surface area (Å²) in [4.78, 5) is 10.8. The quantitative estimate of drug-likeness (QED) is 0.288. The van der Waals surface area contributed by atoms with E-state index in [0.29, 0.717) is 6.54 Å². The number of hydrogen-bond donors (Lipinski definition) is 2. The Hall–Kier alpha value is -0.330. The highest BCUT2D eigenvalue weighted by atomic mass is 127. The third-order valence-corrected chi connectivity index (χ3v) is 5.45. The number of nitrogens with zero attached hydrogens (tertiary/aromatic N) is 2. The van der Waals surface area contributed by atoms with Crippen molar-refractivity contribution in [2.45, 2.75) is 30.5 Å². The number of carbonyl (C=O) groups excluding carboxylic acids is 1. The van der Waals surface area contributed by atoms with Crippen LogP contribution in [0.1, 0.15) is 26.2 Å². The lowest BCUT2D eigenvalue weighted by Gasteiger charge is -2.02. The van der Waals surface area contributed by atoms with E-state index < -0.39 is 10.0 Å². The van der Waals surface area contributed by atoms with Crippen molar-refractivity contribution in [2.75, 3.05) is 16.3 Å². The van der Waals surface area contributed by atoms with Crippen LogP contribution in [0, 0.1) is 0 Å². The fraction of sp³-hybridized carbons (Fsp3) is 0.667. The number of carbonyl (C=O) groups is 1. The maximum Gasteiger partial charge on any atom is 0.269 e. The van der Waals surface area contributed by atoms with Crippen molar-refractivity contribution in [3.8, 4) is 0 Å². The Morgan fingerprint density at radius 2 is 2.05 bits per heavy atom. The van der Waals surface area contributed by atoms with Crippen molar-refractivity contribution >= 4 is 55.0 Å². The molecule has 0 saturated carbocycles. The van der Waals surface area contributed by atoms with Crippen LogP contribution in [0.3, 0.4) is 0 Å². The van der Waals surface area contributed by atoms with Gasteiger partial charge in [0.1, 0.15) is 0 Å². The molecule has 0 radical (unpaired) electrons. The molecule has 7 nitrogen and oxygen atoms in total. The first-order valence-corrected chi connectivity index (χ1v) is 9.45. The zero-order valence-electron chi connectivity index (χ0n) is 10.3. The van der Waals surface area contributed by atoms with Crippen molar-refractivity contribution < 1.29 is 13.2 Å². The zero-order valence-corrected chi connectivity index (χ0v) is 14.1. The van der Waals surface area contributed by atoms with E-state index in [9.17, 15) is 13.2 Å². The third-order valence-electron chi connectivity index (χ3n) is 2.02. The van der Waals surface area contributed by atoms with Gasteiger partial charge in [0.25, 0.3) is 10.0 Å². The Morgan fingerprint density at radius 3 is 2.68 bits per heavy atom. The van der Waals surface area contributed by atoms with Gasteiger partial charge in [0.05, 0.1) is 0 Å². The van der Waals surface area contributed by atoms with Gasteiger partial charge in [-0.3, -0.25) is 4.79 Å². The molecule has 0 bridgehead atoms. The molecule has 1 aromatic heterocycles. The average molecular weight is 418 g/mol. The first-order chi connectivity index (χ1) is 8.95. The van der Waals surface area contributed by atoms with Gasteiger partial charge in [-0.05, 0) is 17.3 Å². The molecule has 2 N–H and O–H groups in total. The second kappa shape index (κ2) is 8.07. The number of amides is 1. The standard InChI is InChI=1S/C9H15IN4O3S2/c1-7(15)12-8-13-14-9(18-8)19(16,17)11-6-4-2-3-5-10/h11H,2-6H2,1H3,(H,12,13,15). The van der Waals surface area contributed by atoms with Crippen LogP contribution in [0.15, 0.2) is 4.34 Å². The highest BCUT2D eigenvalue weighted by Gasteiger charge is 2.19. The molecule has 0 aliphatic rings. The van der Waals surface area contributed by atoms with Crippen molar-refractivity contribution in [2.24, 2.45) is 0 Å². The summed E-state index contributed by atoms with van der Waals surface area (Å²) in [6.07, 6.45) is 2.85. The lowest BCUT2D eigenvalue weighted by molar-refractivity contribution is -0.114. The third kappa shape index (κ3) is 6.10. The topological polar surface area (TPSA) is 101 Å². The molecule has 0 aromatic carbocycles. The number of unbranched alkanes of at least 4 members (excludes halogenated alkanes) is 2. The van der Waals surface area contributed by atoms with Crippen LogP contribution in [0.5, 0.6) is 0 Å². The van der Waals surface area contributed by atoms with Crippen LogP contribution in [0.25, 0.3) is 0 Å². The molecule has 108 valence electrons. The van der Waals surface area contributed by atoms with Crippen molar-refractivity contribution in [1.29, 1.82) is 0 Å². The summed E-state index contributed by atoms with van der Waals surface area (Å²) in [5, 5.41) is 9.73. The van der Waals surface area contributed by atoms with E-state index >= 15 is 0 Å². The van der Waals surface area contributed by atoms with E-state index in [1.54, 1.807) is 0 Å². The molecule has 0 fully saturated rings. The number of hydrogen-bond acceptors (Lipinski definition) is 6. The Labute approximate surface area is 129 Å². The van der Waals surface area contributed by atoms with E-state index in [0.717, 1.165) is 35.0 Å². The molecule has 19 heavy (non-hydrogen) atoms. The molecule has 0 unspecified atom stereocenters. The summed E-state index contributed by atoms with van der Waals surface area (Å²) in [5.74, 6) is -0.313. The number of aromatic nitrogens is 2. The predicted molar refractivity (Wildman–Crippen MR) is 82.1 cm³/mol. The molecule has 1 heterocycles. The van der Waals surface area contributed by atoms with Crippen LogP contribution < -0.4 is 10.0 Å². The van der Waals surface area contributed by atoms with E-state index in [-0.39, 0.29) is 15.4 Å². The van der Waals surface area contributed by atoms with Gasteiger partial charge in [-0.1, -0.05) is 40.3 Å². The number of halogens is 1. The summed E-state index contributed by atoms with van der Waals surface area (Å²) in [6.45, 7) is 1.70. The van der Waals surface area contributed by atoms with E-state index in [2.05, 4.69) is 42.8 Å². The summed E-state index contributed by atoms with van der Waals surface area (Å²) in [5.41, 5.74) is 0. The minimum absolute atomic E-state index is 0.134. The van der Waals surface area contributed by atoms with Gasteiger partial charge in [0.2, 0.25) is 15.4 Å². The minimum Gasteiger partial charge on any atom is -0.301 e. The van der Waals surface area contributed by atoms with Crippen molar-refractivity contribution in [1.82, 2.24) is 14.9 Å². The fourth-order valence-corrected chi connectivity index (χ4v) is 3.78. The van der Waals surface area contributed by atoms with Crippen LogP contribution in [0.4, 0.5) is 5.13 Å². The summed E-state index contributed by atoms with van der Waals surface area (Å²) < 4.78 is 27.1.